The Morgan fingerprint density at radius 3 is 2.55 bits per heavy atom. The second-order valence-electron chi connectivity index (χ2n) is 3.85. The topological polar surface area (TPSA) is 50.1 Å². The highest BCUT2D eigenvalue weighted by molar-refractivity contribution is 9.08. The highest BCUT2D eigenvalue weighted by Gasteiger charge is 2.35. The number of carbonyl (C=O) groups is 1. The summed E-state index contributed by atoms with van der Waals surface area (Å²) in [6.45, 7) is 1.63. The van der Waals surface area contributed by atoms with E-state index >= 15 is 0 Å². The molecule has 0 aliphatic heterocycles. The number of rotatable bonds is 4. The van der Waals surface area contributed by atoms with E-state index in [9.17, 15) is 18.0 Å². The minimum absolute atomic E-state index is 0.0696. The number of ether oxygens (including phenoxy) is 1. The van der Waals surface area contributed by atoms with E-state index in [0.29, 0.717) is 5.56 Å². The predicted octanol–water partition coefficient (Wildman–Crippen LogP) is 3.58. The Morgan fingerprint density at radius 2 is 2.10 bits per heavy atom. The average Bonchev–Trinajstić information content (AvgIpc) is 2.36. The number of nitrogens with zero attached hydrogens (tertiary/aromatic N) is 1. The van der Waals surface area contributed by atoms with E-state index in [-0.39, 0.29) is 23.1 Å². The molecular formula is C13H11BrF3NO2. The normalized spacial score (nSPS) is 11.0. The number of carbonyl (C=O) groups excluding carboxylic acids is 1. The van der Waals surface area contributed by atoms with Crippen LogP contribution in [0.15, 0.2) is 12.1 Å². The lowest BCUT2D eigenvalue weighted by molar-refractivity contribution is -0.143. The van der Waals surface area contributed by atoms with Crippen LogP contribution in [0.1, 0.15) is 29.2 Å². The average molecular weight is 350 g/mol. The number of halogens is 4. The molecule has 1 rings (SSSR count). The summed E-state index contributed by atoms with van der Waals surface area (Å²) in [5.41, 5.74) is -1.05. The Balaban J connectivity index is 3.41. The Morgan fingerprint density at radius 1 is 1.45 bits per heavy atom. The third-order valence-corrected chi connectivity index (χ3v) is 3.19. The standard InChI is InChI=1S/C13H11BrF3NO2/c1-2-20-12(19)5-9-10(7-18)8(6-14)3-4-11(9)13(15,16)17/h3-4H,2,5-6H2,1H3. The van der Waals surface area contributed by atoms with E-state index in [2.05, 4.69) is 20.7 Å². The minimum Gasteiger partial charge on any atom is -0.466 e. The summed E-state index contributed by atoms with van der Waals surface area (Å²) >= 11 is 3.11. The number of esters is 1. The van der Waals surface area contributed by atoms with Gasteiger partial charge in [0.15, 0.2) is 0 Å². The largest absolute Gasteiger partial charge is 0.466 e. The van der Waals surface area contributed by atoms with Gasteiger partial charge < -0.3 is 4.74 Å². The molecule has 0 aliphatic carbocycles. The summed E-state index contributed by atoms with van der Waals surface area (Å²) in [5, 5.41) is 9.30. The molecular weight excluding hydrogens is 339 g/mol. The van der Waals surface area contributed by atoms with E-state index in [1.807, 2.05) is 0 Å². The zero-order chi connectivity index (χ0) is 15.3. The molecule has 0 bridgehead atoms. The number of hydrogen-bond acceptors (Lipinski definition) is 3. The molecule has 0 N–H and O–H groups in total. The molecule has 0 saturated carbocycles. The second-order valence-corrected chi connectivity index (χ2v) is 4.41. The van der Waals surface area contributed by atoms with Crippen molar-refractivity contribution in [2.24, 2.45) is 0 Å². The van der Waals surface area contributed by atoms with Crippen LogP contribution in [0, 0.1) is 11.3 Å². The Kier molecular flexibility index (Phi) is 5.57. The zero-order valence-electron chi connectivity index (χ0n) is 10.6. The van der Waals surface area contributed by atoms with Crippen LogP contribution in [0.3, 0.4) is 0 Å². The molecule has 3 nitrogen and oxygen atoms in total. The first-order chi connectivity index (χ1) is 9.35. The van der Waals surface area contributed by atoms with Crippen LogP contribution in [0.5, 0.6) is 0 Å². The van der Waals surface area contributed by atoms with Gasteiger partial charge in [0.05, 0.1) is 30.2 Å². The maximum atomic E-state index is 13.0. The summed E-state index contributed by atoms with van der Waals surface area (Å²) in [5.74, 6) is -0.791. The molecule has 0 unspecified atom stereocenters. The van der Waals surface area contributed by atoms with Gasteiger partial charge in [-0.3, -0.25) is 4.79 Å². The third-order valence-electron chi connectivity index (χ3n) is 2.59. The summed E-state index contributed by atoms with van der Waals surface area (Å²) in [6, 6.07) is 3.85. The molecule has 0 aliphatic rings. The molecule has 0 radical (unpaired) electrons. The molecule has 0 fully saturated rings. The van der Waals surface area contributed by atoms with Gasteiger partial charge in [0.25, 0.3) is 0 Å². The number of hydrogen-bond donors (Lipinski definition) is 0. The van der Waals surface area contributed by atoms with Gasteiger partial charge >= 0.3 is 12.1 Å². The lowest BCUT2D eigenvalue weighted by atomic mass is 9.94. The monoisotopic (exact) mass is 349 g/mol. The van der Waals surface area contributed by atoms with Crippen molar-refractivity contribution >= 4 is 21.9 Å². The van der Waals surface area contributed by atoms with Crippen molar-refractivity contribution < 1.29 is 22.7 Å². The van der Waals surface area contributed by atoms with Crippen molar-refractivity contribution in [1.82, 2.24) is 0 Å². The van der Waals surface area contributed by atoms with Crippen LogP contribution in [0.4, 0.5) is 13.2 Å². The van der Waals surface area contributed by atoms with Gasteiger partial charge in [-0.1, -0.05) is 22.0 Å². The van der Waals surface area contributed by atoms with Crippen molar-refractivity contribution in [3.63, 3.8) is 0 Å². The molecule has 20 heavy (non-hydrogen) atoms. The van der Waals surface area contributed by atoms with Crippen molar-refractivity contribution in [2.75, 3.05) is 6.61 Å². The molecule has 0 atom stereocenters. The minimum atomic E-state index is -4.63. The highest BCUT2D eigenvalue weighted by atomic mass is 79.9. The summed E-state index contributed by atoms with van der Waals surface area (Å²) in [4.78, 5) is 11.4. The third kappa shape index (κ3) is 3.73. The molecule has 7 heteroatoms. The first kappa shape index (κ1) is 16.5. The van der Waals surface area contributed by atoms with Crippen LogP contribution in [0.2, 0.25) is 0 Å². The molecule has 108 valence electrons. The molecule has 0 amide bonds. The molecule has 0 aromatic heterocycles. The van der Waals surface area contributed by atoms with Gasteiger partial charge in [-0.25, -0.2) is 0 Å². The quantitative estimate of drug-likeness (QED) is 0.616. The van der Waals surface area contributed by atoms with Gasteiger partial charge in [0, 0.05) is 5.33 Å². The van der Waals surface area contributed by atoms with E-state index in [1.165, 1.54) is 6.07 Å². The maximum Gasteiger partial charge on any atom is 0.416 e. The molecule has 0 spiro atoms. The van der Waals surface area contributed by atoms with Gasteiger partial charge in [0.2, 0.25) is 0 Å². The predicted molar refractivity (Wildman–Crippen MR) is 69.1 cm³/mol. The second kappa shape index (κ2) is 6.75. The first-order valence-electron chi connectivity index (χ1n) is 5.68. The summed E-state index contributed by atoms with van der Waals surface area (Å²) in [6.07, 6.45) is -5.20. The Labute approximate surface area is 122 Å². The van der Waals surface area contributed by atoms with Crippen molar-refractivity contribution in [1.29, 1.82) is 5.26 Å². The van der Waals surface area contributed by atoms with E-state index in [0.717, 1.165) is 6.07 Å². The first-order valence-corrected chi connectivity index (χ1v) is 6.80. The van der Waals surface area contributed by atoms with Crippen LogP contribution in [-0.4, -0.2) is 12.6 Å². The fourth-order valence-corrected chi connectivity index (χ4v) is 2.22. The number of nitriles is 1. The number of alkyl halides is 4. The van der Waals surface area contributed by atoms with Crippen molar-refractivity contribution in [3.05, 3.63) is 34.4 Å². The lowest BCUT2D eigenvalue weighted by Crippen LogP contribution is -2.16. The van der Waals surface area contributed by atoms with Gasteiger partial charge in [0.1, 0.15) is 0 Å². The maximum absolute atomic E-state index is 13.0. The molecule has 1 aromatic rings. The fraction of sp³-hybridized carbons (Fsp3) is 0.385. The summed E-state index contributed by atoms with van der Waals surface area (Å²) < 4.78 is 43.5. The highest BCUT2D eigenvalue weighted by Crippen LogP contribution is 2.35. The smallest absolute Gasteiger partial charge is 0.416 e. The Hall–Kier alpha value is -1.55. The van der Waals surface area contributed by atoms with Gasteiger partial charge in [-0.15, -0.1) is 0 Å². The van der Waals surface area contributed by atoms with E-state index in [4.69, 9.17) is 5.26 Å². The zero-order valence-corrected chi connectivity index (χ0v) is 12.1. The SMILES string of the molecule is CCOC(=O)Cc1c(C(F)(F)F)ccc(CBr)c1C#N. The molecule has 1 aromatic carbocycles. The molecule has 0 heterocycles. The fourth-order valence-electron chi connectivity index (χ4n) is 1.75. The van der Waals surface area contributed by atoms with Gasteiger partial charge in [-0.2, -0.15) is 18.4 Å². The Bertz CT molecular complexity index is 550. The van der Waals surface area contributed by atoms with Crippen LogP contribution in [-0.2, 0) is 27.5 Å². The van der Waals surface area contributed by atoms with Crippen LogP contribution >= 0.6 is 15.9 Å². The van der Waals surface area contributed by atoms with Crippen molar-refractivity contribution in [2.45, 2.75) is 24.9 Å². The van der Waals surface area contributed by atoms with Gasteiger partial charge in [-0.05, 0) is 24.1 Å². The van der Waals surface area contributed by atoms with E-state index < -0.39 is 24.1 Å². The summed E-state index contributed by atoms with van der Waals surface area (Å²) in [7, 11) is 0. The van der Waals surface area contributed by atoms with E-state index in [1.54, 1.807) is 13.0 Å². The van der Waals surface area contributed by atoms with Crippen LogP contribution < -0.4 is 0 Å². The number of benzene rings is 1. The molecule has 0 saturated heterocycles. The van der Waals surface area contributed by atoms with Crippen molar-refractivity contribution in [3.8, 4) is 6.07 Å². The lowest BCUT2D eigenvalue weighted by Gasteiger charge is -2.15. The van der Waals surface area contributed by atoms with Crippen LogP contribution in [0.25, 0.3) is 0 Å².